The van der Waals surface area contributed by atoms with Gasteiger partial charge >= 0.3 is 22.2 Å². The van der Waals surface area contributed by atoms with Crippen LogP contribution in [0.1, 0.15) is 65.0 Å². The molecule has 0 heterocycles. The van der Waals surface area contributed by atoms with E-state index >= 15 is 0 Å². The lowest BCUT2D eigenvalue weighted by Crippen LogP contribution is -2.35. The van der Waals surface area contributed by atoms with E-state index in [4.69, 9.17) is 13.7 Å². The predicted molar refractivity (Wildman–Crippen MR) is 133 cm³/mol. The minimum Gasteiger partial charge on any atom is -0.460 e. The van der Waals surface area contributed by atoms with Gasteiger partial charge in [0.2, 0.25) is 0 Å². The average Bonchev–Trinajstić information content (AvgIpc) is 2.69. The zero-order chi connectivity index (χ0) is 26.4. The molecule has 0 aliphatic heterocycles. The third-order valence-corrected chi connectivity index (χ3v) is 5.85. The minimum absolute atomic E-state index is 0.00887. The second-order valence-corrected chi connectivity index (χ2v) is 11.8. The van der Waals surface area contributed by atoms with Crippen molar-refractivity contribution in [2.24, 2.45) is 0 Å². The minimum atomic E-state index is -3.99. The van der Waals surface area contributed by atoms with Crippen molar-refractivity contribution < 1.29 is 31.7 Å². The van der Waals surface area contributed by atoms with Crippen LogP contribution in [0, 0.1) is 6.92 Å². The molecule has 35 heavy (non-hydrogen) atoms. The number of esters is 1. The number of alkyl carbamates (subject to hydrolysis) is 1. The van der Waals surface area contributed by atoms with Crippen molar-refractivity contribution in [3.63, 3.8) is 0 Å². The largest absolute Gasteiger partial charge is 0.460 e. The Morgan fingerprint density at radius 2 is 1.40 bits per heavy atom. The molecule has 1 atom stereocenters. The highest BCUT2D eigenvalue weighted by Gasteiger charge is 2.24. The second kappa shape index (κ2) is 11.1. The number of aryl methyl sites for hydroxylation is 1. The molecule has 1 unspecified atom stereocenters. The number of hydrogen-bond donors (Lipinski definition) is 1. The first-order chi connectivity index (χ1) is 16.0. The maximum Gasteiger partial charge on any atom is 0.407 e. The summed E-state index contributed by atoms with van der Waals surface area (Å²) in [5.74, 6) is -0.721. The van der Waals surface area contributed by atoms with Crippen LogP contribution in [0.15, 0.2) is 53.4 Å². The number of hydrogen-bond acceptors (Lipinski definition) is 7. The van der Waals surface area contributed by atoms with E-state index in [1.165, 1.54) is 24.3 Å². The number of nitrogens with one attached hydrogen (secondary N) is 1. The summed E-state index contributed by atoms with van der Waals surface area (Å²) in [6, 6.07) is 12.7. The molecule has 2 aromatic rings. The van der Waals surface area contributed by atoms with Crippen LogP contribution in [0.3, 0.4) is 0 Å². The summed E-state index contributed by atoms with van der Waals surface area (Å²) in [7, 11) is -3.99. The first-order valence-electron chi connectivity index (χ1n) is 11.3. The van der Waals surface area contributed by atoms with Gasteiger partial charge in [0.25, 0.3) is 0 Å². The lowest BCUT2D eigenvalue weighted by molar-refractivity contribution is -0.155. The monoisotopic (exact) mass is 505 g/mol. The van der Waals surface area contributed by atoms with Crippen LogP contribution >= 0.6 is 0 Å². The Balaban J connectivity index is 2.17. The molecule has 0 bridgehead atoms. The van der Waals surface area contributed by atoms with Crippen LogP contribution in [-0.4, -0.2) is 38.2 Å². The van der Waals surface area contributed by atoms with Gasteiger partial charge in [-0.2, -0.15) is 8.42 Å². The Kier molecular flexibility index (Phi) is 8.94. The first kappa shape index (κ1) is 28.2. The van der Waals surface area contributed by atoms with Crippen molar-refractivity contribution >= 4 is 22.2 Å². The number of amides is 1. The second-order valence-electron chi connectivity index (χ2n) is 10.3. The summed E-state index contributed by atoms with van der Waals surface area (Å²) in [5.41, 5.74) is 0.325. The van der Waals surface area contributed by atoms with E-state index < -0.39 is 39.3 Å². The van der Waals surface area contributed by atoms with Crippen LogP contribution in [-0.2, 0) is 24.4 Å². The fraction of sp³-hybridized carbons (Fsp3) is 0.462. The third-order valence-electron chi connectivity index (χ3n) is 4.59. The normalized spacial score (nSPS) is 13.0. The molecule has 0 spiro atoms. The van der Waals surface area contributed by atoms with Gasteiger partial charge in [-0.05, 0) is 78.3 Å². The zero-order valence-corrected chi connectivity index (χ0v) is 22.2. The molecule has 0 radical (unpaired) electrons. The molecule has 0 aromatic heterocycles. The fourth-order valence-corrected chi connectivity index (χ4v) is 4.02. The summed E-state index contributed by atoms with van der Waals surface area (Å²) in [6.07, 6.45) is -0.592. The van der Waals surface area contributed by atoms with Crippen LogP contribution in [0.25, 0.3) is 0 Å². The van der Waals surface area contributed by atoms with E-state index in [1.54, 1.807) is 65.8 Å². The molecule has 0 saturated carbocycles. The molecule has 0 aliphatic rings. The molecule has 2 rings (SSSR count). The van der Waals surface area contributed by atoms with Crippen molar-refractivity contribution in [1.82, 2.24) is 5.32 Å². The van der Waals surface area contributed by atoms with E-state index in [0.717, 1.165) is 5.56 Å². The first-order valence-corrected chi connectivity index (χ1v) is 12.7. The SMILES string of the molecule is Cc1ccc(S(=O)(=O)Oc2ccc(C(CNC(=O)OC(C)(C)C)CC(=O)OC(C)(C)C)cc2)cc1. The van der Waals surface area contributed by atoms with Gasteiger partial charge in [0.05, 0.1) is 6.42 Å². The Bertz CT molecular complexity index is 1110. The molecule has 8 nitrogen and oxygen atoms in total. The zero-order valence-electron chi connectivity index (χ0n) is 21.4. The molecule has 9 heteroatoms. The molecule has 0 saturated heterocycles. The maximum atomic E-state index is 12.6. The Labute approximate surface area is 208 Å². The van der Waals surface area contributed by atoms with Crippen molar-refractivity contribution in [3.05, 3.63) is 59.7 Å². The topological polar surface area (TPSA) is 108 Å². The van der Waals surface area contributed by atoms with Crippen LogP contribution in [0.2, 0.25) is 0 Å². The van der Waals surface area contributed by atoms with Gasteiger partial charge in [0.15, 0.2) is 0 Å². The molecule has 192 valence electrons. The molecule has 1 amide bonds. The standard InChI is InChI=1S/C26H35NO7S/c1-18-8-14-22(15-9-18)35(30,31)34-21-12-10-19(11-13-21)20(16-23(28)32-25(2,3)4)17-27-24(29)33-26(5,6)7/h8-15,20H,16-17H2,1-7H3,(H,27,29). The highest BCUT2D eigenvalue weighted by Crippen LogP contribution is 2.26. The van der Waals surface area contributed by atoms with Crippen molar-refractivity contribution in [3.8, 4) is 5.75 Å². The lowest BCUT2D eigenvalue weighted by atomic mass is 9.95. The highest BCUT2D eigenvalue weighted by atomic mass is 32.2. The lowest BCUT2D eigenvalue weighted by Gasteiger charge is -2.24. The van der Waals surface area contributed by atoms with Crippen LogP contribution < -0.4 is 9.50 Å². The molecule has 1 N–H and O–H groups in total. The Morgan fingerprint density at radius 1 is 0.857 bits per heavy atom. The predicted octanol–water partition coefficient (Wildman–Crippen LogP) is 5.10. The van der Waals surface area contributed by atoms with Gasteiger partial charge in [0.1, 0.15) is 21.8 Å². The highest BCUT2D eigenvalue weighted by molar-refractivity contribution is 7.87. The molecular weight excluding hydrogens is 470 g/mol. The summed E-state index contributed by atoms with van der Waals surface area (Å²) in [4.78, 5) is 24.7. The quantitative estimate of drug-likeness (QED) is 0.393. The van der Waals surface area contributed by atoms with Gasteiger partial charge < -0.3 is 19.0 Å². The van der Waals surface area contributed by atoms with E-state index in [0.29, 0.717) is 5.56 Å². The number of carbonyl (C=O) groups excluding carboxylic acids is 2. The molecule has 0 fully saturated rings. The number of benzene rings is 2. The van der Waals surface area contributed by atoms with Crippen LogP contribution in [0.4, 0.5) is 4.79 Å². The summed E-state index contributed by atoms with van der Waals surface area (Å²) >= 11 is 0. The van der Waals surface area contributed by atoms with Crippen molar-refractivity contribution in [1.29, 1.82) is 0 Å². The van der Waals surface area contributed by atoms with E-state index in [9.17, 15) is 18.0 Å². The van der Waals surface area contributed by atoms with Crippen LogP contribution in [0.5, 0.6) is 5.75 Å². The Morgan fingerprint density at radius 3 is 1.91 bits per heavy atom. The number of carbonyl (C=O) groups is 2. The number of ether oxygens (including phenoxy) is 2. The summed E-state index contributed by atoms with van der Waals surface area (Å²) in [5, 5.41) is 2.69. The molecule has 2 aromatic carbocycles. The van der Waals surface area contributed by atoms with E-state index in [-0.39, 0.29) is 23.6 Å². The molecule has 0 aliphatic carbocycles. The van der Waals surface area contributed by atoms with E-state index in [1.807, 2.05) is 6.92 Å². The van der Waals surface area contributed by atoms with Gasteiger partial charge in [-0.25, -0.2) is 4.79 Å². The third kappa shape index (κ3) is 9.98. The Hall–Kier alpha value is -3.07. The maximum absolute atomic E-state index is 12.6. The van der Waals surface area contributed by atoms with Crippen molar-refractivity contribution in [2.45, 2.75) is 76.9 Å². The fourth-order valence-electron chi connectivity index (χ4n) is 3.09. The van der Waals surface area contributed by atoms with Gasteiger partial charge in [-0.3, -0.25) is 4.79 Å². The van der Waals surface area contributed by atoms with Gasteiger partial charge in [-0.1, -0.05) is 29.8 Å². The molecular formula is C26H35NO7S. The summed E-state index contributed by atoms with van der Waals surface area (Å²) in [6.45, 7) is 12.6. The van der Waals surface area contributed by atoms with Gasteiger partial charge in [0, 0.05) is 12.5 Å². The average molecular weight is 506 g/mol. The smallest absolute Gasteiger partial charge is 0.407 e. The van der Waals surface area contributed by atoms with E-state index in [2.05, 4.69) is 5.32 Å². The number of rotatable bonds is 8. The van der Waals surface area contributed by atoms with Crippen molar-refractivity contribution in [2.75, 3.05) is 6.54 Å². The summed E-state index contributed by atoms with van der Waals surface area (Å²) < 4.78 is 41.1. The van der Waals surface area contributed by atoms with Gasteiger partial charge in [-0.15, -0.1) is 0 Å².